The van der Waals surface area contributed by atoms with Crippen molar-refractivity contribution in [1.29, 1.82) is 0 Å². The molecule has 1 aliphatic rings. The SMILES string of the molecule is CC(C)C1(Cc2cccs2)CCCN1. The summed E-state index contributed by atoms with van der Waals surface area (Å²) in [5.74, 6) is 0.729. The van der Waals surface area contributed by atoms with E-state index < -0.39 is 0 Å². The lowest BCUT2D eigenvalue weighted by atomic mass is 9.81. The van der Waals surface area contributed by atoms with Gasteiger partial charge >= 0.3 is 0 Å². The molecule has 1 saturated heterocycles. The highest BCUT2D eigenvalue weighted by Crippen LogP contribution is 2.32. The van der Waals surface area contributed by atoms with Gasteiger partial charge in [0.25, 0.3) is 0 Å². The van der Waals surface area contributed by atoms with Crippen LogP contribution in [0.4, 0.5) is 0 Å². The van der Waals surface area contributed by atoms with Crippen molar-refractivity contribution in [3.05, 3.63) is 22.4 Å². The molecular formula is C12H19NS. The molecule has 0 bridgehead atoms. The van der Waals surface area contributed by atoms with Crippen LogP contribution < -0.4 is 5.32 Å². The van der Waals surface area contributed by atoms with E-state index >= 15 is 0 Å². The summed E-state index contributed by atoms with van der Waals surface area (Å²) in [6.45, 7) is 5.88. The van der Waals surface area contributed by atoms with Gasteiger partial charge < -0.3 is 5.32 Å². The van der Waals surface area contributed by atoms with E-state index in [1.165, 1.54) is 30.7 Å². The molecule has 2 heteroatoms. The Kier molecular flexibility index (Phi) is 2.93. The van der Waals surface area contributed by atoms with Crippen molar-refractivity contribution in [2.45, 2.75) is 38.6 Å². The summed E-state index contributed by atoms with van der Waals surface area (Å²) in [6, 6.07) is 4.41. The first-order valence-corrected chi connectivity index (χ1v) is 6.38. The highest BCUT2D eigenvalue weighted by Gasteiger charge is 2.36. The van der Waals surface area contributed by atoms with Crippen LogP contribution in [0.2, 0.25) is 0 Å². The quantitative estimate of drug-likeness (QED) is 0.806. The maximum atomic E-state index is 3.71. The van der Waals surface area contributed by atoms with Gasteiger partial charge in [0.05, 0.1) is 0 Å². The second-order valence-electron chi connectivity index (χ2n) is 4.60. The van der Waals surface area contributed by atoms with Crippen molar-refractivity contribution in [1.82, 2.24) is 5.32 Å². The van der Waals surface area contributed by atoms with Crippen LogP contribution in [0.5, 0.6) is 0 Å². The van der Waals surface area contributed by atoms with Crippen LogP contribution in [0.25, 0.3) is 0 Å². The van der Waals surface area contributed by atoms with E-state index in [2.05, 4.69) is 36.7 Å². The summed E-state index contributed by atoms with van der Waals surface area (Å²) in [5, 5.41) is 5.89. The third-order valence-electron chi connectivity index (χ3n) is 3.45. The predicted molar refractivity (Wildman–Crippen MR) is 62.8 cm³/mol. The molecule has 2 rings (SSSR count). The Labute approximate surface area is 90.5 Å². The van der Waals surface area contributed by atoms with Gasteiger partial charge in [-0.3, -0.25) is 0 Å². The Morgan fingerprint density at radius 3 is 2.93 bits per heavy atom. The molecule has 1 aromatic heterocycles. The topological polar surface area (TPSA) is 12.0 Å². The molecule has 0 spiro atoms. The lowest BCUT2D eigenvalue weighted by Gasteiger charge is -2.33. The van der Waals surface area contributed by atoms with Gasteiger partial charge in [0.1, 0.15) is 0 Å². The molecule has 1 nitrogen and oxygen atoms in total. The van der Waals surface area contributed by atoms with Crippen LogP contribution in [0.15, 0.2) is 17.5 Å². The number of rotatable bonds is 3. The third-order valence-corrected chi connectivity index (χ3v) is 4.33. The van der Waals surface area contributed by atoms with E-state index in [1.54, 1.807) is 0 Å². The molecule has 1 N–H and O–H groups in total. The molecule has 0 aliphatic carbocycles. The monoisotopic (exact) mass is 209 g/mol. The molecule has 0 aromatic carbocycles. The van der Waals surface area contributed by atoms with Crippen LogP contribution in [-0.4, -0.2) is 12.1 Å². The normalized spacial score (nSPS) is 27.4. The minimum Gasteiger partial charge on any atom is -0.311 e. The van der Waals surface area contributed by atoms with E-state index in [0.717, 1.165) is 5.92 Å². The molecule has 0 amide bonds. The number of nitrogens with one attached hydrogen (secondary N) is 1. The van der Waals surface area contributed by atoms with E-state index in [4.69, 9.17) is 0 Å². The van der Waals surface area contributed by atoms with Crippen LogP contribution in [-0.2, 0) is 6.42 Å². The first-order chi connectivity index (χ1) is 6.73. The van der Waals surface area contributed by atoms with Gasteiger partial charge in [-0.2, -0.15) is 0 Å². The fourth-order valence-electron chi connectivity index (χ4n) is 2.40. The Balaban J connectivity index is 2.12. The van der Waals surface area contributed by atoms with Gasteiger partial charge in [0.15, 0.2) is 0 Å². The molecule has 1 unspecified atom stereocenters. The molecule has 1 aliphatic heterocycles. The van der Waals surface area contributed by atoms with Gasteiger partial charge in [0.2, 0.25) is 0 Å². The first kappa shape index (κ1) is 10.2. The lowest BCUT2D eigenvalue weighted by Crippen LogP contribution is -2.46. The van der Waals surface area contributed by atoms with Crippen molar-refractivity contribution in [3.63, 3.8) is 0 Å². The van der Waals surface area contributed by atoms with E-state index in [1.807, 2.05) is 11.3 Å². The Morgan fingerprint density at radius 1 is 1.57 bits per heavy atom. The molecule has 1 fully saturated rings. The number of thiophene rings is 1. The predicted octanol–water partition coefficient (Wildman–Crippen LogP) is 3.07. The second-order valence-corrected chi connectivity index (χ2v) is 5.63. The zero-order valence-corrected chi connectivity index (χ0v) is 9.86. The molecule has 1 aromatic rings. The average molecular weight is 209 g/mol. The van der Waals surface area contributed by atoms with Crippen molar-refractivity contribution in [2.24, 2.45) is 5.92 Å². The largest absolute Gasteiger partial charge is 0.311 e. The molecule has 0 saturated carbocycles. The minimum absolute atomic E-state index is 0.380. The zero-order chi connectivity index (χ0) is 10.0. The van der Waals surface area contributed by atoms with Crippen LogP contribution in [0.1, 0.15) is 31.6 Å². The molecule has 1 atom stereocenters. The lowest BCUT2D eigenvalue weighted by molar-refractivity contribution is 0.271. The highest BCUT2D eigenvalue weighted by atomic mass is 32.1. The summed E-state index contributed by atoms with van der Waals surface area (Å²) in [5.41, 5.74) is 0.380. The average Bonchev–Trinajstić information content (AvgIpc) is 2.76. The first-order valence-electron chi connectivity index (χ1n) is 5.50. The summed E-state index contributed by atoms with van der Waals surface area (Å²) in [4.78, 5) is 1.52. The summed E-state index contributed by atoms with van der Waals surface area (Å²) < 4.78 is 0. The van der Waals surface area contributed by atoms with Crippen molar-refractivity contribution < 1.29 is 0 Å². The third kappa shape index (κ3) is 1.86. The molecular weight excluding hydrogens is 190 g/mol. The summed E-state index contributed by atoms with van der Waals surface area (Å²) >= 11 is 1.89. The Hall–Kier alpha value is -0.340. The van der Waals surface area contributed by atoms with Crippen LogP contribution in [0.3, 0.4) is 0 Å². The van der Waals surface area contributed by atoms with E-state index in [-0.39, 0.29) is 0 Å². The minimum atomic E-state index is 0.380. The Bertz CT molecular complexity index is 271. The van der Waals surface area contributed by atoms with E-state index in [0.29, 0.717) is 5.54 Å². The number of hydrogen-bond acceptors (Lipinski definition) is 2. The van der Waals surface area contributed by atoms with Gasteiger partial charge in [0, 0.05) is 16.8 Å². The van der Waals surface area contributed by atoms with Crippen molar-refractivity contribution in [3.8, 4) is 0 Å². The second kappa shape index (κ2) is 4.03. The Morgan fingerprint density at radius 2 is 2.43 bits per heavy atom. The smallest absolute Gasteiger partial charge is 0.0253 e. The zero-order valence-electron chi connectivity index (χ0n) is 9.05. The fraction of sp³-hybridized carbons (Fsp3) is 0.667. The van der Waals surface area contributed by atoms with E-state index in [9.17, 15) is 0 Å². The van der Waals surface area contributed by atoms with Gasteiger partial charge in [-0.1, -0.05) is 19.9 Å². The molecule has 0 radical (unpaired) electrons. The van der Waals surface area contributed by atoms with Crippen molar-refractivity contribution in [2.75, 3.05) is 6.54 Å². The van der Waals surface area contributed by atoms with Gasteiger partial charge in [-0.05, 0) is 36.8 Å². The fourth-order valence-corrected chi connectivity index (χ4v) is 3.23. The molecule has 78 valence electrons. The maximum absolute atomic E-state index is 3.71. The highest BCUT2D eigenvalue weighted by molar-refractivity contribution is 7.09. The van der Waals surface area contributed by atoms with Gasteiger partial charge in [-0.25, -0.2) is 0 Å². The maximum Gasteiger partial charge on any atom is 0.0253 e. The number of hydrogen-bond donors (Lipinski definition) is 1. The summed E-state index contributed by atoms with van der Waals surface area (Å²) in [6.07, 6.45) is 3.88. The van der Waals surface area contributed by atoms with Gasteiger partial charge in [-0.15, -0.1) is 11.3 Å². The summed E-state index contributed by atoms with van der Waals surface area (Å²) in [7, 11) is 0. The van der Waals surface area contributed by atoms with Crippen LogP contribution in [0, 0.1) is 5.92 Å². The standard InChI is InChI=1S/C12H19NS/c1-10(2)12(6-4-7-13-12)9-11-5-3-8-14-11/h3,5,8,10,13H,4,6-7,9H2,1-2H3. The van der Waals surface area contributed by atoms with Crippen LogP contribution >= 0.6 is 11.3 Å². The van der Waals surface area contributed by atoms with Crippen molar-refractivity contribution >= 4 is 11.3 Å². The molecule has 2 heterocycles. The molecule has 14 heavy (non-hydrogen) atoms.